The third-order valence-corrected chi connectivity index (χ3v) is 9.27. The molecule has 0 spiro atoms. The number of aromatic nitrogens is 3. The molecule has 2 N–H and O–H groups in total. The van der Waals surface area contributed by atoms with E-state index in [0.29, 0.717) is 52.1 Å². The minimum atomic E-state index is -0.752. The molecule has 5 rings (SSSR count). The van der Waals surface area contributed by atoms with Crippen LogP contribution in [0.3, 0.4) is 0 Å². The Balaban J connectivity index is 1.24. The molecule has 4 heterocycles. The highest BCUT2D eigenvalue weighted by atomic mass is 35.5. The summed E-state index contributed by atoms with van der Waals surface area (Å²) in [5.41, 5.74) is 2.54. The summed E-state index contributed by atoms with van der Waals surface area (Å²) in [4.78, 5) is 43.6. The third-order valence-electron chi connectivity index (χ3n) is 8.83. The molecule has 0 bridgehead atoms. The van der Waals surface area contributed by atoms with E-state index in [1.807, 2.05) is 31.2 Å². The average molecular weight is 685 g/mol. The normalized spacial score (nSPS) is 17.0. The number of benzene rings is 1. The van der Waals surface area contributed by atoms with Crippen molar-refractivity contribution in [1.82, 2.24) is 30.1 Å². The zero-order chi connectivity index (χ0) is 33.3. The minimum absolute atomic E-state index is 0.102. The number of piperazine rings is 1. The second-order valence-electron chi connectivity index (χ2n) is 12.4. The number of carbonyl (C=O) groups is 2. The van der Waals surface area contributed by atoms with Crippen LogP contribution in [0, 0.1) is 11.8 Å². The van der Waals surface area contributed by atoms with Crippen molar-refractivity contribution in [2.75, 3.05) is 57.3 Å². The van der Waals surface area contributed by atoms with Gasteiger partial charge in [-0.05, 0) is 74.6 Å². The van der Waals surface area contributed by atoms with Gasteiger partial charge >= 0.3 is 5.97 Å². The third kappa shape index (κ3) is 10.2. The van der Waals surface area contributed by atoms with E-state index >= 15 is 0 Å². The summed E-state index contributed by atoms with van der Waals surface area (Å²) in [6.45, 7) is 10.9. The molecular weight excluding hydrogens is 641 g/mol. The van der Waals surface area contributed by atoms with Gasteiger partial charge in [-0.1, -0.05) is 37.0 Å². The number of hydrogen-bond donors (Lipinski definition) is 2. The van der Waals surface area contributed by atoms with Gasteiger partial charge in [-0.25, -0.2) is 15.0 Å². The summed E-state index contributed by atoms with van der Waals surface area (Å²) in [5.74, 6) is 1.02. The first-order chi connectivity index (χ1) is 22.6. The van der Waals surface area contributed by atoms with Gasteiger partial charge in [-0.3, -0.25) is 19.4 Å². The number of hydrogen-bond acceptors (Lipinski definition) is 9. The first-order valence-electron chi connectivity index (χ1n) is 16.3. The number of amides is 1. The molecule has 252 valence electrons. The molecule has 3 aromatic rings. The van der Waals surface area contributed by atoms with Crippen molar-refractivity contribution in [2.45, 2.75) is 46.1 Å². The molecule has 2 aliphatic rings. The van der Waals surface area contributed by atoms with E-state index in [2.05, 4.69) is 30.0 Å². The van der Waals surface area contributed by atoms with Gasteiger partial charge in [0.2, 0.25) is 17.7 Å². The lowest BCUT2D eigenvalue weighted by atomic mass is 9.96. The van der Waals surface area contributed by atoms with Gasteiger partial charge < -0.3 is 20.1 Å². The minimum Gasteiger partial charge on any atom is -0.481 e. The summed E-state index contributed by atoms with van der Waals surface area (Å²) in [5, 5.41) is 13.2. The Morgan fingerprint density at radius 1 is 0.979 bits per heavy atom. The highest BCUT2D eigenvalue weighted by molar-refractivity contribution is 6.35. The van der Waals surface area contributed by atoms with Crippen LogP contribution in [-0.2, 0) is 16.1 Å². The summed E-state index contributed by atoms with van der Waals surface area (Å²) < 4.78 is 6.21. The molecule has 1 aromatic carbocycles. The van der Waals surface area contributed by atoms with Crippen LogP contribution < -0.4 is 15.0 Å². The smallest absolute Gasteiger partial charge is 0.306 e. The number of nitrogens with one attached hydrogen (secondary N) is 1. The van der Waals surface area contributed by atoms with Crippen LogP contribution in [0.15, 0.2) is 42.7 Å². The zero-order valence-electron chi connectivity index (χ0n) is 27.0. The van der Waals surface area contributed by atoms with Crippen molar-refractivity contribution < 1.29 is 19.4 Å². The van der Waals surface area contributed by atoms with E-state index in [-0.39, 0.29) is 11.8 Å². The molecule has 0 aliphatic carbocycles. The zero-order valence-corrected chi connectivity index (χ0v) is 28.5. The van der Waals surface area contributed by atoms with Crippen LogP contribution in [0.5, 0.6) is 11.6 Å². The number of rotatable bonds is 13. The molecule has 47 heavy (non-hydrogen) atoms. The van der Waals surface area contributed by atoms with E-state index in [1.54, 1.807) is 25.4 Å². The van der Waals surface area contributed by atoms with E-state index in [0.717, 1.165) is 82.9 Å². The Labute approximate surface area is 286 Å². The SMILES string of the molecule is CCC(=O)NCC1CCN(Cc2cc(Oc3cnc(N4CCN(CCC(C)C(=O)O)CC4)nc3)nc(-c3cc(Cl)cc(Cl)c3)c2)CC1. The summed E-state index contributed by atoms with van der Waals surface area (Å²) in [7, 11) is 0. The quantitative estimate of drug-likeness (QED) is 0.235. The lowest BCUT2D eigenvalue weighted by Gasteiger charge is -2.34. The number of likely N-dealkylation sites (tertiary alicyclic amines) is 1. The van der Waals surface area contributed by atoms with Crippen LogP contribution in [0.4, 0.5) is 5.95 Å². The van der Waals surface area contributed by atoms with Gasteiger partial charge in [0.1, 0.15) is 0 Å². The fourth-order valence-corrected chi connectivity index (χ4v) is 6.39. The molecular formula is C34H43Cl2N7O4. The Bertz CT molecular complexity index is 1490. The molecule has 11 nitrogen and oxygen atoms in total. The fourth-order valence-electron chi connectivity index (χ4n) is 5.86. The number of halogens is 2. The van der Waals surface area contributed by atoms with Gasteiger partial charge in [-0.2, -0.15) is 0 Å². The Hall–Kier alpha value is -3.51. The maximum absolute atomic E-state index is 11.7. The lowest BCUT2D eigenvalue weighted by molar-refractivity contribution is -0.141. The number of ether oxygens (including phenoxy) is 1. The number of nitrogens with zero attached hydrogens (tertiary/aromatic N) is 6. The molecule has 2 saturated heterocycles. The summed E-state index contributed by atoms with van der Waals surface area (Å²) in [6.07, 6.45) is 6.52. The predicted molar refractivity (Wildman–Crippen MR) is 183 cm³/mol. The molecule has 0 saturated carbocycles. The first-order valence-corrected chi connectivity index (χ1v) is 17.1. The van der Waals surface area contributed by atoms with E-state index in [1.165, 1.54) is 0 Å². The Morgan fingerprint density at radius 2 is 1.66 bits per heavy atom. The largest absolute Gasteiger partial charge is 0.481 e. The van der Waals surface area contributed by atoms with Gasteiger partial charge in [0, 0.05) is 67.4 Å². The molecule has 2 aromatic heterocycles. The maximum atomic E-state index is 11.7. The van der Waals surface area contributed by atoms with Crippen LogP contribution in [0.1, 0.15) is 45.1 Å². The van der Waals surface area contributed by atoms with Gasteiger partial charge in [-0.15, -0.1) is 0 Å². The van der Waals surface area contributed by atoms with Crippen molar-refractivity contribution in [2.24, 2.45) is 11.8 Å². The van der Waals surface area contributed by atoms with E-state index in [4.69, 9.17) is 38.0 Å². The van der Waals surface area contributed by atoms with Gasteiger partial charge in [0.15, 0.2) is 5.75 Å². The average Bonchev–Trinajstić information content (AvgIpc) is 3.06. The van der Waals surface area contributed by atoms with Crippen LogP contribution in [0.2, 0.25) is 10.0 Å². The second-order valence-corrected chi connectivity index (χ2v) is 13.3. The summed E-state index contributed by atoms with van der Waals surface area (Å²) in [6, 6.07) is 9.36. The topological polar surface area (TPSA) is 124 Å². The number of anilines is 1. The molecule has 1 unspecified atom stereocenters. The highest BCUT2D eigenvalue weighted by Gasteiger charge is 2.22. The van der Waals surface area contributed by atoms with E-state index < -0.39 is 5.97 Å². The van der Waals surface area contributed by atoms with Crippen molar-refractivity contribution in [1.29, 1.82) is 0 Å². The number of carboxylic acids is 1. The predicted octanol–water partition coefficient (Wildman–Crippen LogP) is 5.61. The monoisotopic (exact) mass is 683 g/mol. The van der Waals surface area contributed by atoms with Crippen molar-refractivity contribution in [3.63, 3.8) is 0 Å². The van der Waals surface area contributed by atoms with Gasteiger partial charge in [0.05, 0.1) is 24.0 Å². The fraction of sp³-hybridized carbons (Fsp3) is 0.500. The molecule has 13 heteroatoms. The lowest BCUT2D eigenvalue weighted by Crippen LogP contribution is -2.47. The van der Waals surface area contributed by atoms with Crippen molar-refractivity contribution in [3.05, 3.63) is 58.3 Å². The molecule has 2 fully saturated rings. The number of piperidine rings is 1. The standard InChI is InChI=1S/C34H43Cl2N7O4/c1-3-31(44)37-19-24-5-8-42(9-6-24)22-25-14-30(26-16-27(35)18-28(36)17-26)40-32(15-25)47-29-20-38-34(39-21-29)43-12-10-41(11-13-43)7-4-23(2)33(45)46/h14-18,20-21,23-24H,3-13,19,22H2,1-2H3,(H,37,44)(H,45,46). The van der Waals surface area contributed by atoms with E-state index in [9.17, 15) is 9.59 Å². The summed E-state index contributed by atoms with van der Waals surface area (Å²) >= 11 is 12.7. The number of pyridine rings is 1. The number of carboxylic acid groups (broad SMARTS) is 1. The first kappa shape index (κ1) is 34.8. The Kier molecular flexibility index (Phi) is 12.3. The van der Waals surface area contributed by atoms with Crippen LogP contribution in [-0.4, -0.2) is 94.1 Å². The highest BCUT2D eigenvalue weighted by Crippen LogP contribution is 2.31. The Morgan fingerprint density at radius 3 is 2.30 bits per heavy atom. The molecule has 1 amide bonds. The number of aliphatic carboxylic acids is 1. The van der Waals surface area contributed by atoms with Gasteiger partial charge in [0.25, 0.3) is 0 Å². The maximum Gasteiger partial charge on any atom is 0.306 e. The number of carbonyl (C=O) groups excluding carboxylic acids is 1. The molecule has 0 radical (unpaired) electrons. The second kappa shape index (κ2) is 16.5. The van der Waals surface area contributed by atoms with Crippen molar-refractivity contribution >= 4 is 41.0 Å². The van der Waals surface area contributed by atoms with Crippen LogP contribution >= 0.6 is 23.2 Å². The molecule has 2 aliphatic heterocycles. The molecule has 1 atom stereocenters. The van der Waals surface area contributed by atoms with Crippen LogP contribution in [0.25, 0.3) is 11.3 Å². The van der Waals surface area contributed by atoms with Crippen molar-refractivity contribution in [3.8, 4) is 22.9 Å².